The molecule has 3 heterocycles. The van der Waals surface area contributed by atoms with Crippen molar-refractivity contribution in [3.8, 4) is 0 Å². The van der Waals surface area contributed by atoms with Crippen LogP contribution in [0.25, 0.3) is 0 Å². The quantitative estimate of drug-likeness (QED) is 0.575. The number of piperidine rings is 1. The van der Waals surface area contributed by atoms with Gasteiger partial charge in [0, 0.05) is 18.5 Å². The fourth-order valence-corrected chi connectivity index (χ4v) is 4.61. The molecule has 2 N–H and O–H groups in total. The van der Waals surface area contributed by atoms with Crippen molar-refractivity contribution in [1.82, 2.24) is 15.3 Å². The van der Waals surface area contributed by atoms with Crippen LogP contribution in [0.3, 0.4) is 0 Å². The molecule has 190 valence electrons. The Labute approximate surface area is 209 Å². The summed E-state index contributed by atoms with van der Waals surface area (Å²) >= 11 is 3.34. The highest BCUT2D eigenvalue weighted by Crippen LogP contribution is 2.43. The molecule has 34 heavy (non-hydrogen) atoms. The van der Waals surface area contributed by atoms with Gasteiger partial charge < -0.3 is 24.4 Å². The second kappa shape index (κ2) is 9.85. The standard InChI is InChI=1S/C23H36BrN5O5/c1-14-16(27-19(30)33-21(2,3)4)23(13-32-14)8-10-29(11-9-23)15-12-25-17(24)18(26-15)28-20(31)34-22(5,6)7/h12,14,16H,8-11,13H2,1-7H3,(H,27,30)(H,26,28,31)/t14-,16+/m0/s1. The van der Waals surface area contributed by atoms with Gasteiger partial charge in [0.1, 0.15) is 21.6 Å². The molecule has 0 unspecified atom stereocenters. The summed E-state index contributed by atoms with van der Waals surface area (Å²) in [5, 5.41) is 5.71. The number of nitrogens with zero attached hydrogens (tertiary/aromatic N) is 3. The van der Waals surface area contributed by atoms with Gasteiger partial charge in [-0.05, 0) is 77.2 Å². The monoisotopic (exact) mass is 541 g/mol. The van der Waals surface area contributed by atoms with Crippen molar-refractivity contribution >= 4 is 39.8 Å². The number of anilines is 2. The zero-order valence-electron chi connectivity index (χ0n) is 21.0. The maximum absolute atomic E-state index is 12.4. The fourth-order valence-electron chi connectivity index (χ4n) is 4.32. The Kier molecular flexibility index (Phi) is 7.66. The molecule has 2 saturated heterocycles. The van der Waals surface area contributed by atoms with Gasteiger partial charge in [-0.1, -0.05) is 0 Å². The van der Waals surface area contributed by atoms with E-state index >= 15 is 0 Å². The molecule has 2 atom stereocenters. The zero-order chi connectivity index (χ0) is 25.3. The average Bonchev–Trinajstić information content (AvgIpc) is 2.97. The Hall–Kier alpha value is -2.14. The lowest BCUT2D eigenvalue weighted by molar-refractivity contribution is 0.0433. The number of hydrogen-bond acceptors (Lipinski definition) is 8. The fraction of sp³-hybridized carbons (Fsp3) is 0.739. The van der Waals surface area contributed by atoms with E-state index in [1.165, 1.54) is 0 Å². The van der Waals surface area contributed by atoms with Gasteiger partial charge in [0.15, 0.2) is 5.82 Å². The van der Waals surface area contributed by atoms with Gasteiger partial charge in [-0.25, -0.2) is 19.6 Å². The molecule has 2 aliphatic heterocycles. The molecule has 2 amide bonds. The lowest BCUT2D eigenvalue weighted by Gasteiger charge is -2.43. The number of alkyl carbamates (subject to hydrolysis) is 1. The topological polar surface area (TPSA) is 115 Å². The normalized spacial score (nSPS) is 22.4. The third-order valence-electron chi connectivity index (χ3n) is 5.85. The molecular formula is C23H36BrN5O5. The molecule has 1 spiro atoms. The van der Waals surface area contributed by atoms with E-state index in [1.54, 1.807) is 27.0 Å². The molecule has 3 rings (SSSR count). The highest BCUT2D eigenvalue weighted by atomic mass is 79.9. The van der Waals surface area contributed by atoms with Gasteiger partial charge in [-0.3, -0.25) is 5.32 Å². The Balaban J connectivity index is 1.66. The number of rotatable bonds is 3. The Morgan fingerprint density at radius 3 is 2.29 bits per heavy atom. The zero-order valence-corrected chi connectivity index (χ0v) is 22.6. The molecule has 0 aliphatic carbocycles. The summed E-state index contributed by atoms with van der Waals surface area (Å²) < 4.78 is 17.2. The largest absolute Gasteiger partial charge is 0.444 e. The van der Waals surface area contributed by atoms with Gasteiger partial charge in [-0.2, -0.15) is 0 Å². The van der Waals surface area contributed by atoms with Crippen molar-refractivity contribution in [2.24, 2.45) is 5.41 Å². The lowest BCUT2D eigenvalue weighted by atomic mass is 9.73. The third kappa shape index (κ3) is 6.71. The highest BCUT2D eigenvalue weighted by molar-refractivity contribution is 9.10. The van der Waals surface area contributed by atoms with Crippen molar-refractivity contribution in [3.05, 3.63) is 10.8 Å². The number of hydrogen-bond donors (Lipinski definition) is 2. The van der Waals surface area contributed by atoms with Crippen LogP contribution in [0.15, 0.2) is 10.8 Å². The van der Waals surface area contributed by atoms with Crippen LogP contribution in [0.2, 0.25) is 0 Å². The van der Waals surface area contributed by atoms with Crippen molar-refractivity contribution in [1.29, 1.82) is 0 Å². The van der Waals surface area contributed by atoms with Gasteiger partial charge in [0.2, 0.25) is 0 Å². The van der Waals surface area contributed by atoms with Crippen LogP contribution in [0.5, 0.6) is 0 Å². The first-order chi connectivity index (χ1) is 15.7. The number of halogens is 1. The summed E-state index contributed by atoms with van der Waals surface area (Å²) in [6.07, 6.45) is 2.18. The van der Waals surface area contributed by atoms with E-state index in [0.717, 1.165) is 12.8 Å². The molecule has 10 nitrogen and oxygen atoms in total. The van der Waals surface area contributed by atoms with Gasteiger partial charge in [-0.15, -0.1) is 0 Å². The SMILES string of the molecule is C[C@@H]1OCC2(CCN(c3cnc(Br)c(NC(=O)OC(C)(C)C)n3)CC2)[C@@H]1NC(=O)OC(C)(C)C. The van der Waals surface area contributed by atoms with Crippen LogP contribution in [-0.2, 0) is 14.2 Å². The molecule has 11 heteroatoms. The minimum absolute atomic E-state index is 0.101. The van der Waals surface area contributed by atoms with Crippen LogP contribution in [0, 0.1) is 5.41 Å². The number of nitrogens with one attached hydrogen (secondary N) is 2. The van der Waals surface area contributed by atoms with Crippen LogP contribution in [0.4, 0.5) is 21.2 Å². The van der Waals surface area contributed by atoms with Crippen molar-refractivity contribution in [3.63, 3.8) is 0 Å². The molecule has 0 radical (unpaired) electrons. The lowest BCUT2D eigenvalue weighted by Crippen LogP contribution is -2.55. The van der Waals surface area contributed by atoms with Gasteiger partial charge in [0.25, 0.3) is 0 Å². The molecular weight excluding hydrogens is 506 g/mol. The summed E-state index contributed by atoms with van der Waals surface area (Å²) in [4.78, 5) is 35.7. The number of carbonyl (C=O) groups excluding carboxylic acids is 2. The maximum atomic E-state index is 12.4. The smallest absolute Gasteiger partial charge is 0.413 e. The number of amides is 2. The number of ether oxygens (including phenoxy) is 3. The summed E-state index contributed by atoms with van der Waals surface area (Å²) in [7, 11) is 0. The first-order valence-electron chi connectivity index (χ1n) is 11.6. The average molecular weight is 542 g/mol. The highest BCUT2D eigenvalue weighted by Gasteiger charge is 2.50. The van der Waals surface area contributed by atoms with Crippen molar-refractivity contribution < 1.29 is 23.8 Å². The Morgan fingerprint density at radius 1 is 1.12 bits per heavy atom. The van der Waals surface area contributed by atoms with Crippen LogP contribution < -0.4 is 15.5 Å². The summed E-state index contributed by atoms with van der Waals surface area (Å²) in [5.74, 6) is 0.960. The Morgan fingerprint density at radius 2 is 1.71 bits per heavy atom. The molecule has 2 fully saturated rings. The molecule has 0 bridgehead atoms. The second-order valence-electron chi connectivity index (χ2n) is 11.0. The first-order valence-corrected chi connectivity index (χ1v) is 12.4. The van der Waals surface area contributed by atoms with Crippen LogP contribution >= 0.6 is 15.9 Å². The number of carbonyl (C=O) groups is 2. The van der Waals surface area contributed by atoms with E-state index in [-0.39, 0.29) is 17.6 Å². The van der Waals surface area contributed by atoms with E-state index in [4.69, 9.17) is 14.2 Å². The third-order valence-corrected chi connectivity index (χ3v) is 6.43. The molecule has 2 aliphatic rings. The first kappa shape index (κ1) is 26.5. The van der Waals surface area contributed by atoms with Gasteiger partial charge in [0.05, 0.1) is 24.9 Å². The second-order valence-corrected chi connectivity index (χ2v) is 11.7. The van der Waals surface area contributed by atoms with E-state index in [0.29, 0.717) is 35.9 Å². The van der Waals surface area contributed by atoms with Crippen LogP contribution in [-0.4, -0.2) is 65.2 Å². The van der Waals surface area contributed by atoms with Crippen molar-refractivity contribution in [2.45, 2.75) is 84.7 Å². The van der Waals surface area contributed by atoms with Crippen molar-refractivity contribution in [2.75, 3.05) is 29.9 Å². The Bertz CT molecular complexity index is 906. The van der Waals surface area contributed by atoms with E-state index in [1.807, 2.05) is 27.7 Å². The van der Waals surface area contributed by atoms with Gasteiger partial charge >= 0.3 is 12.2 Å². The summed E-state index contributed by atoms with van der Waals surface area (Å²) in [6, 6.07) is -0.134. The minimum atomic E-state index is -0.618. The van der Waals surface area contributed by atoms with E-state index < -0.39 is 23.4 Å². The predicted molar refractivity (Wildman–Crippen MR) is 132 cm³/mol. The molecule has 1 aromatic heterocycles. The maximum Gasteiger partial charge on any atom is 0.413 e. The minimum Gasteiger partial charge on any atom is -0.444 e. The molecule has 0 aromatic carbocycles. The molecule has 1 aromatic rings. The number of aromatic nitrogens is 2. The summed E-state index contributed by atoms with van der Waals surface area (Å²) in [5.41, 5.74) is -1.35. The van der Waals surface area contributed by atoms with Crippen LogP contribution in [0.1, 0.15) is 61.3 Å². The predicted octanol–water partition coefficient (Wildman–Crippen LogP) is 4.48. The van der Waals surface area contributed by atoms with E-state index in [2.05, 4.69) is 41.4 Å². The molecule has 0 saturated carbocycles. The van der Waals surface area contributed by atoms with E-state index in [9.17, 15) is 9.59 Å². The summed E-state index contributed by atoms with van der Waals surface area (Å²) in [6.45, 7) is 14.9.